The van der Waals surface area contributed by atoms with Gasteiger partial charge < -0.3 is 9.72 Å². The lowest BCUT2D eigenvalue weighted by Crippen LogP contribution is -2.25. The maximum atomic E-state index is 12.3. The highest BCUT2D eigenvalue weighted by molar-refractivity contribution is 5.78. The van der Waals surface area contributed by atoms with E-state index in [4.69, 9.17) is 0 Å². The minimum absolute atomic E-state index is 0.0279. The summed E-state index contributed by atoms with van der Waals surface area (Å²) in [6, 6.07) is 9.84. The summed E-state index contributed by atoms with van der Waals surface area (Å²) in [7, 11) is 0. The predicted molar refractivity (Wildman–Crippen MR) is 90.7 cm³/mol. The van der Waals surface area contributed by atoms with E-state index < -0.39 is 0 Å². The lowest BCUT2D eigenvalue weighted by molar-refractivity contribution is -0.120. The predicted octanol–water partition coefficient (Wildman–Crippen LogP) is 2.15. The van der Waals surface area contributed by atoms with E-state index in [2.05, 4.69) is 15.4 Å². The van der Waals surface area contributed by atoms with Crippen molar-refractivity contribution in [3.05, 3.63) is 71.9 Å². The van der Waals surface area contributed by atoms with Gasteiger partial charge in [-0.3, -0.25) is 4.79 Å². The summed E-state index contributed by atoms with van der Waals surface area (Å²) in [5.74, 6) is -0.0279. The van der Waals surface area contributed by atoms with Crippen LogP contribution in [0.25, 0.3) is 11.2 Å². The van der Waals surface area contributed by atoms with Crippen LogP contribution in [0.4, 0.5) is 0 Å². The van der Waals surface area contributed by atoms with Crippen LogP contribution in [0.5, 0.6) is 0 Å². The monoisotopic (exact) mass is 319 g/mol. The fraction of sp³-hybridized carbons (Fsp3) is 0.167. The fourth-order valence-corrected chi connectivity index (χ4v) is 2.92. The first-order chi connectivity index (χ1) is 11.7. The first-order valence-electron chi connectivity index (χ1n) is 7.82. The fourth-order valence-electron chi connectivity index (χ4n) is 2.92. The molecule has 4 heterocycles. The van der Waals surface area contributed by atoms with Crippen molar-refractivity contribution in [3.8, 4) is 0 Å². The van der Waals surface area contributed by atoms with Gasteiger partial charge in [0.2, 0.25) is 5.91 Å². The van der Waals surface area contributed by atoms with Crippen molar-refractivity contribution in [3.63, 3.8) is 0 Å². The molecular formula is C18H17N5O. The van der Waals surface area contributed by atoms with E-state index in [0.717, 1.165) is 28.0 Å². The standard InChI is InChI=1S/C18H17N5O/c1-13-4-2-8-22-15(12-20-18(13)22)10-17(24)19-11-14-5-3-9-23-16(14)6-7-21-23/h2-9,12H,10-11H2,1H3,(H,19,24). The van der Waals surface area contributed by atoms with Gasteiger partial charge in [0, 0.05) is 31.3 Å². The van der Waals surface area contributed by atoms with E-state index in [9.17, 15) is 4.79 Å². The Balaban J connectivity index is 1.48. The second-order valence-electron chi connectivity index (χ2n) is 5.78. The first-order valence-corrected chi connectivity index (χ1v) is 7.82. The molecule has 0 bridgehead atoms. The van der Waals surface area contributed by atoms with Gasteiger partial charge in [0.25, 0.3) is 0 Å². The molecule has 4 aromatic heterocycles. The number of carbonyl (C=O) groups is 1. The van der Waals surface area contributed by atoms with Crippen LogP contribution in [0.15, 0.2) is 55.1 Å². The van der Waals surface area contributed by atoms with Crippen molar-refractivity contribution in [1.82, 2.24) is 24.3 Å². The van der Waals surface area contributed by atoms with Crippen molar-refractivity contribution in [2.75, 3.05) is 0 Å². The Hall–Kier alpha value is -3.15. The van der Waals surface area contributed by atoms with E-state index in [-0.39, 0.29) is 5.91 Å². The molecule has 0 radical (unpaired) electrons. The smallest absolute Gasteiger partial charge is 0.226 e. The minimum Gasteiger partial charge on any atom is -0.352 e. The number of pyridine rings is 2. The lowest BCUT2D eigenvalue weighted by Gasteiger charge is -2.07. The van der Waals surface area contributed by atoms with Gasteiger partial charge in [0.05, 0.1) is 17.6 Å². The highest BCUT2D eigenvalue weighted by atomic mass is 16.1. The highest BCUT2D eigenvalue weighted by Crippen LogP contribution is 2.12. The number of carbonyl (C=O) groups excluding carboxylic acids is 1. The molecule has 0 aliphatic rings. The zero-order valence-electron chi connectivity index (χ0n) is 13.3. The normalized spacial score (nSPS) is 11.2. The van der Waals surface area contributed by atoms with Gasteiger partial charge in [0.15, 0.2) is 0 Å². The highest BCUT2D eigenvalue weighted by Gasteiger charge is 2.10. The molecule has 0 fully saturated rings. The zero-order valence-corrected chi connectivity index (χ0v) is 13.3. The SMILES string of the molecule is Cc1cccn2c(CC(=O)NCc3cccn4nccc34)cnc12. The van der Waals surface area contributed by atoms with E-state index in [1.54, 1.807) is 16.9 Å². The van der Waals surface area contributed by atoms with Crippen LogP contribution in [-0.4, -0.2) is 24.9 Å². The maximum absolute atomic E-state index is 12.3. The van der Waals surface area contributed by atoms with Crippen LogP contribution < -0.4 is 5.32 Å². The summed E-state index contributed by atoms with van der Waals surface area (Å²) >= 11 is 0. The molecule has 0 aromatic carbocycles. The quantitative estimate of drug-likeness (QED) is 0.627. The second kappa shape index (κ2) is 5.81. The molecule has 0 saturated carbocycles. The molecule has 6 nitrogen and oxygen atoms in total. The Morgan fingerprint density at radius 1 is 1.21 bits per heavy atom. The molecule has 0 spiro atoms. The molecule has 0 aliphatic heterocycles. The third kappa shape index (κ3) is 2.52. The molecule has 120 valence electrons. The first kappa shape index (κ1) is 14.4. The number of amides is 1. The van der Waals surface area contributed by atoms with Crippen molar-refractivity contribution in [1.29, 1.82) is 0 Å². The molecule has 1 amide bonds. The number of fused-ring (bicyclic) bond motifs is 2. The molecule has 0 unspecified atom stereocenters. The van der Waals surface area contributed by atoms with E-state index >= 15 is 0 Å². The molecule has 1 N–H and O–H groups in total. The Labute approximate surface area is 138 Å². The number of hydrogen-bond donors (Lipinski definition) is 1. The van der Waals surface area contributed by atoms with Crippen LogP contribution in [0.2, 0.25) is 0 Å². The number of imidazole rings is 1. The van der Waals surface area contributed by atoms with Crippen molar-refractivity contribution < 1.29 is 4.79 Å². The van der Waals surface area contributed by atoms with E-state index in [1.165, 1.54) is 0 Å². The second-order valence-corrected chi connectivity index (χ2v) is 5.78. The summed E-state index contributed by atoms with van der Waals surface area (Å²) in [6.07, 6.45) is 7.64. The van der Waals surface area contributed by atoms with Gasteiger partial charge in [0.1, 0.15) is 5.65 Å². The summed E-state index contributed by atoms with van der Waals surface area (Å²) in [4.78, 5) is 16.7. The van der Waals surface area contributed by atoms with Crippen LogP contribution in [0, 0.1) is 6.92 Å². The zero-order chi connectivity index (χ0) is 16.5. The number of nitrogens with one attached hydrogen (secondary N) is 1. The number of aromatic nitrogens is 4. The number of aryl methyl sites for hydroxylation is 1. The largest absolute Gasteiger partial charge is 0.352 e. The Kier molecular flexibility index (Phi) is 3.49. The van der Waals surface area contributed by atoms with Gasteiger partial charge in [-0.15, -0.1) is 0 Å². The maximum Gasteiger partial charge on any atom is 0.226 e. The third-order valence-corrected chi connectivity index (χ3v) is 4.15. The van der Waals surface area contributed by atoms with Crippen LogP contribution in [0.3, 0.4) is 0 Å². The van der Waals surface area contributed by atoms with Crippen LogP contribution >= 0.6 is 0 Å². The summed E-state index contributed by atoms with van der Waals surface area (Å²) in [5, 5.41) is 7.18. The van der Waals surface area contributed by atoms with Crippen LogP contribution in [-0.2, 0) is 17.8 Å². The van der Waals surface area contributed by atoms with E-state index in [1.807, 2.05) is 54.0 Å². The van der Waals surface area contributed by atoms with Crippen molar-refractivity contribution >= 4 is 17.1 Å². The molecular weight excluding hydrogens is 302 g/mol. The van der Waals surface area contributed by atoms with E-state index in [0.29, 0.717) is 13.0 Å². The third-order valence-electron chi connectivity index (χ3n) is 4.15. The number of nitrogens with zero attached hydrogens (tertiary/aromatic N) is 4. The molecule has 24 heavy (non-hydrogen) atoms. The van der Waals surface area contributed by atoms with Crippen LogP contribution in [0.1, 0.15) is 16.8 Å². The molecule has 0 atom stereocenters. The summed E-state index contributed by atoms with van der Waals surface area (Å²) < 4.78 is 3.77. The Morgan fingerprint density at radius 3 is 3.00 bits per heavy atom. The topological polar surface area (TPSA) is 63.7 Å². The average Bonchev–Trinajstić information content (AvgIpc) is 3.21. The molecule has 0 aliphatic carbocycles. The van der Waals surface area contributed by atoms with Crippen molar-refractivity contribution in [2.45, 2.75) is 19.9 Å². The summed E-state index contributed by atoms with van der Waals surface area (Å²) in [5.41, 5.74) is 4.91. The van der Waals surface area contributed by atoms with Gasteiger partial charge in [-0.25, -0.2) is 9.50 Å². The Morgan fingerprint density at radius 2 is 2.08 bits per heavy atom. The van der Waals surface area contributed by atoms with Gasteiger partial charge in [-0.05, 0) is 36.2 Å². The molecule has 6 heteroatoms. The Bertz CT molecular complexity index is 1030. The molecule has 0 saturated heterocycles. The van der Waals surface area contributed by atoms with Gasteiger partial charge in [-0.2, -0.15) is 5.10 Å². The molecule has 4 rings (SSSR count). The molecule has 4 aromatic rings. The number of hydrogen-bond acceptors (Lipinski definition) is 3. The number of rotatable bonds is 4. The average molecular weight is 319 g/mol. The summed E-state index contributed by atoms with van der Waals surface area (Å²) in [6.45, 7) is 2.49. The van der Waals surface area contributed by atoms with Crippen molar-refractivity contribution in [2.24, 2.45) is 0 Å². The minimum atomic E-state index is -0.0279. The lowest BCUT2D eigenvalue weighted by atomic mass is 10.2. The van der Waals surface area contributed by atoms with Gasteiger partial charge >= 0.3 is 0 Å². The van der Waals surface area contributed by atoms with Gasteiger partial charge in [-0.1, -0.05) is 12.1 Å².